The van der Waals surface area contributed by atoms with Crippen molar-refractivity contribution in [3.63, 3.8) is 0 Å². The van der Waals surface area contributed by atoms with Gasteiger partial charge in [-0.2, -0.15) is 0 Å². The summed E-state index contributed by atoms with van der Waals surface area (Å²) >= 11 is 0. The van der Waals surface area contributed by atoms with Gasteiger partial charge in [0, 0.05) is 43.1 Å². The number of benzene rings is 1. The van der Waals surface area contributed by atoms with Gasteiger partial charge in [0.15, 0.2) is 0 Å². The molecule has 3 aromatic rings. The summed E-state index contributed by atoms with van der Waals surface area (Å²) in [4.78, 5) is 24.6. The first-order valence-electron chi connectivity index (χ1n) is 9.42. The molecule has 1 N–H and O–H groups in total. The van der Waals surface area contributed by atoms with E-state index in [0.717, 1.165) is 40.7 Å². The molecule has 0 bridgehead atoms. The minimum atomic E-state index is -0.469. The zero-order chi connectivity index (χ0) is 19.2. The number of aromatic amines is 1. The van der Waals surface area contributed by atoms with E-state index >= 15 is 0 Å². The Bertz CT molecular complexity index is 994. The monoisotopic (exact) mass is 366 g/mol. The number of aryl methyl sites for hydroxylation is 1. The van der Waals surface area contributed by atoms with E-state index in [9.17, 15) is 4.79 Å². The van der Waals surface area contributed by atoms with E-state index in [4.69, 9.17) is 9.72 Å². The average molecular weight is 366 g/mol. The van der Waals surface area contributed by atoms with Crippen molar-refractivity contribution in [2.75, 3.05) is 31.1 Å². The van der Waals surface area contributed by atoms with Crippen LogP contribution in [0.25, 0.3) is 21.8 Å². The first kappa shape index (κ1) is 17.6. The van der Waals surface area contributed by atoms with Crippen molar-refractivity contribution in [3.8, 4) is 0 Å². The number of hydrogen-bond acceptors (Lipinski definition) is 4. The molecule has 2 aromatic heterocycles. The van der Waals surface area contributed by atoms with Crippen molar-refractivity contribution in [1.82, 2.24) is 14.9 Å². The predicted octanol–water partition coefficient (Wildman–Crippen LogP) is 4.08. The number of amides is 1. The number of nitrogens with zero attached hydrogens (tertiary/aromatic N) is 3. The molecule has 1 aliphatic heterocycles. The summed E-state index contributed by atoms with van der Waals surface area (Å²) < 4.78 is 5.49. The molecule has 1 fully saturated rings. The molecule has 1 amide bonds. The van der Waals surface area contributed by atoms with E-state index in [-0.39, 0.29) is 6.09 Å². The molecule has 0 spiro atoms. The van der Waals surface area contributed by atoms with Gasteiger partial charge in [-0.15, -0.1) is 0 Å². The topological polar surface area (TPSA) is 61.5 Å². The van der Waals surface area contributed by atoms with Gasteiger partial charge in [0.25, 0.3) is 0 Å². The number of nitrogens with one attached hydrogen (secondary N) is 1. The van der Waals surface area contributed by atoms with Crippen molar-refractivity contribution in [3.05, 3.63) is 36.0 Å². The van der Waals surface area contributed by atoms with Crippen LogP contribution >= 0.6 is 0 Å². The average Bonchev–Trinajstić information content (AvgIpc) is 3.10. The lowest BCUT2D eigenvalue weighted by Crippen LogP contribution is -2.50. The van der Waals surface area contributed by atoms with Crippen molar-refractivity contribution in [1.29, 1.82) is 0 Å². The van der Waals surface area contributed by atoms with Crippen LogP contribution in [0.4, 0.5) is 10.6 Å². The first-order chi connectivity index (χ1) is 12.8. The number of pyridine rings is 1. The van der Waals surface area contributed by atoms with Gasteiger partial charge in [0.2, 0.25) is 0 Å². The number of ether oxygens (including phenoxy) is 1. The number of carbonyl (C=O) groups is 1. The van der Waals surface area contributed by atoms with Gasteiger partial charge in [-0.1, -0.05) is 11.6 Å². The summed E-state index contributed by atoms with van der Waals surface area (Å²) in [7, 11) is 0. The Morgan fingerprint density at radius 1 is 1.11 bits per heavy atom. The van der Waals surface area contributed by atoms with Gasteiger partial charge in [0.1, 0.15) is 11.4 Å². The maximum absolute atomic E-state index is 12.3. The first-order valence-corrected chi connectivity index (χ1v) is 9.42. The van der Waals surface area contributed by atoms with Crippen LogP contribution in [0.1, 0.15) is 26.3 Å². The van der Waals surface area contributed by atoms with Gasteiger partial charge in [-0.05, 0) is 45.9 Å². The number of hydrogen-bond donors (Lipinski definition) is 1. The van der Waals surface area contributed by atoms with Crippen LogP contribution in [0.2, 0.25) is 0 Å². The molecular weight excluding hydrogens is 340 g/mol. The minimum Gasteiger partial charge on any atom is -0.444 e. The standard InChI is InChI=1S/C21H26N4O2/c1-14-5-6-17-16(13-14)18-15(7-8-22-18)19(23-17)24-9-11-25(12-10-24)20(26)27-21(2,3)4/h5-8,13,22H,9-12H2,1-4H3. The van der Waals surface area contributed by atoms with Gasteiger partial charge in [-0.3, -0.25) is 0 Å². The summed E-state index contributed by atoms with van der Waals surface area (Å²) in [5.41, 5.74) is 2.86. The summed E-state index contributed by atoms with van der Waals surface area (Å²) in [5.74, 6) is 0.978. The van der Waals surface area contributed by atoms with Gasteiger partial charge < -0.3 is 19.5 Å². The van der Waals surface area contributed by atoms with E-state index in [1.165, 1.54) is 5.56 Å². The third-order valence-electron chi connectivity index (χ3n) is 4.87. The van der Waals surface area contributed by atoms with Crippen LogP contribution in [-0.2, 0) is 4.74 Å². The number of anilines is 1. The second-order valence-electron chi connectivity index (χ2n) is 8.18. The smallest absolute Gasteiger partial charge is 0.410 e. The molecule has 4 rings (SSSR count). The molecule has 27 heavy (non-hydrogen) atoms. The van der Waals surface area contributed by atoms with Crippen molar-refractivity contribution in [2.45, 2.75) is 33.3 Å². The molecule has 6 nitrogen and oxygen atoms in total. The maximum atomic E-state index is 12.3. The molecule has 142 valence electrons. The highest BCUT2D eigenvalue weighted by atomic mass is 16.6. The molecule has 0 atom stereocenters. The third-order valence-corrected chi connectivity index (χ3v) is 4.87. The molecule has 1 aliphatic rings. The highest BCUT2D eigenvalue weighted by Gasteiger charge is 2.27. The second-order valence-corrected chi connectivity index (χ2v) is 8.18. The molecule has 0 aliphatic carbocycles. The van der Waals surface area contributed by atoms with Crippen LogP contribution < -0.4 is 4.90 Å². The van der Waals surface area contributed by atoms with Crippen LogP contribution in [0, 0.1) is 6.92 Å². The third kappa shape index (κ3) is 3.44. The van der Waals surface area contributed by atoms with Crippen molar-refractivity contribution < 1.29 is 9.53 Å². The fourth-order valence-corrected chi connectivity index (χ4v) is 3.57. The molecule has 6 heteroatoms. The number of aromatic nitrogens is 2. The van der Waals surface area contributed by atoms with Gasteiger partial charge >= 0.3 is 6.09 Å². The molecule has 0 unspecified atom stereocenters. The summed E-state index contributed by atoms with van der Waals surface area (Å²) in [6, 6.07) is 8.42. The normalized spacial score (nSPS) is 15.6. The lowest BCUT2D eigenvalue weighted by molar-refractivity contribution is 0.0240. The molecule has 0 radical (unpaired) electrons. The summed E-state index contributed by atoms with van der Waals surface area (Å²) in [6.07, 6.45) is 1.73. The van der Waals surface area contributed by atoms with Crippen LogP contribution in [-0.4, -0.2) is 52.7 Å². The summed E-state index contributed by atoms with van der Waals surface area (Å²) in [5, 5.41) is 2.27. The fourth-order valence-electron chi connectivity index (χ4n) is 3.57. The Morgan fingerprint density at radius 2 is 1.85 bits per heavy atom. The number of fused-ring (bicyclic) bond motifs is 3. The zero-order valence-corrected chi connectivity index (χ0v) is 16.4. The van der Waals surface area contributed by atoms with Crippen LogP contribution in [0.5, 0.6) is 0 Å². The predicted molar refractivity (Wildman–Crippen MR) is 108 cm³/mol. The quantitative estimate of drug-likeness (QED) is 0.705. The van der Waals surface area contributed by atoms with E-state index in [1.54, 1.807) is 4.90 Å². The fraction of sp³-hybridized carbons (Fsp3) is 0.429. The number of carbonyl (C=O) groups excluding carboxylic acids is 1. The SMILES string of the molecule is Cc1ccc2nc(N3CCN(C(=O)OC(C)(C)C)CC3)c3cc[nH]c3c2c1. The maximum Gasteiger partial charge on any atom is 0.410 e. The van der Waals surface area contributed by atoms with Gasteiger partial charge in [0.05, 0.1) is 11.0 Å². The Kier molecular flexibility index (Phi) is 4.21. The van der Waals surface area contributed by atoms with Crippen molar-refractivity contribution >= 4 is 33.7 Å². The number of rotatable bonds is 1. The minimum absolute atomic E-state index is 0.240. The number of piperazine rings is 1. The summed E-state index contributed by atoms with van der Waals surface area (Å²) in [6.45, 7) is 10.5. The van der Waals surface area contributed by atoms with Crippen molar-refractivity contribution in [2.24, 2.45) is 0 Å². The molecule has 1 saturated heterocycles. The Hall–Kier alpha value is -2.76. The molecule has 3 heterocycles. The lowest BCUT2D eigenvalue weighted by Gasteiger charge is -2.36. The van der Waals surface area contributed by atoms with Crippen LogP contribution in [0.3, 0.4) is 0 Å². The molecule has 1 aromatic carbocycles. The lowest BCUT2D eigenvalue weighted by atomic mass is 10.1. The highest BCUT2D eigenvalue weighted by Crippen LogP contribution is 2.31. The largest absolute Gasteiger partial charge is 0.444 e. The van der Waals surface area contributed by atoms with Crippen LogP contribution in [0.15, 0.2) is 30.5 Å². The Labute approximate surface area is 159 Å². The number of H-pyrrole nitrogens is 1. The van der Waals surface area contributed by atoms with E-state index in [2.05, 4.69) is 41.1 Å². The zero-order valence-electron chi connectivity index (χ0n) is 16.4. The second kappa shape index (κ2) is 6.44. The van der Waals surface area contributed by atoms with E-state index in [1.807, 2.05) is 27.0 Å². The Morgan fingerprint density at radius 3 is 2.56 bits per heavy atom. The molecular formula is C21H26N4O2. The highest BCUT2D eigenvalue weighted by molar-refractivity contribution is 6.08. The van der Waals surface area contributed by atoms with Gasteiger partial charge in [-0.25, -0.2) is 9.78 Å². The van der Waals surface area contributed by atoms with E-state index < -0.39 is 5.60 Å². The molecule has 0 saturated carbocycles. The Balaban J connectivity index is 1.59. The van der Waals surface area contributed by atoms with E-state index in [0.29, 0.717) is 13.1 Å².